The van der Waals surface area contributed by atoms with E-state index in [1.54, 1.807) is 20.8 Å². The Morgan fingerprint density at radius 1 is 1.47 bits per heavy atom. The van der Waals surface area contributed by atoms with Gasteiger partial charge in [0.2, 0.25) is 0 Å². The highest BCUT2D eigenvalue weighted by molar-refractivity contribution is 6.01. The number of carboxylic acid groups (broad SMARTS) is 1. The minimum Gasteiger partial charge on any atom is -0.480 e. The lowest BCUT2D eigenvalue weighted by Gasteiger charge is -2.32. The standard InChI is InChI=1S/C13H18O4/c1-12(2,3)17-11(16)13(10(14)15)7-8-4-5-9(13)6-8/h4,9H,5-7H2,1-3H3,(H,14,15). The highest BCUT2D eigenvalue weighted by atomic mass is 16.6. The van der Waals surface area contributed by atoms with E-state index in [1.807, 2.05) is 0 Å². The summed E-state index contributed by atoms with van der Waals surface area (Å²) in [6, 6.07) is 0. The molecule has 1 fully saturated rings. The lowest BCUT2D eigenvalue weighted by atomic mass is 9.74. The summed E-state index contributed by atoms with van der Waals surface area (Å²) in [5.41, 5.74) is -0.893. The summed E-state index contributed by atoms with van der Waals surface area (Å²) in [7, 11) is 0. The minimum absolute atomic E-state index is 0.121. The van der Waals surface area contributed by atoms with Crippen LogP contribution in [0.3, 0.4) is 0 Å². The van der Waals surface area contributed by atoms with Crippen molar-refractivity contribution in [2.45, 2.75) is 45.6 Å². The summed E-state index contributed by atoms with van der Waals surface area (Å²) in [5.74, 6) is -1.74. The van der Waals surface area contributed by atoms with Crippen LogP contribution in [-0.2, 0) is 14.3 Å². The molecule has 0 aliphatic heterocycles. The number of fused-ring (bicyclic) bond motifs is 2. The van der Waals surface area contributed by atoms with Gasteiger partial charge in [-0.3, -0.25) is 9.59 Å². The third-order valence-corrected chi connectivity index (χ3v) is 3.55. The highest BCUT2D eigenvalue weighted by Crippen LogP contribution is 2.53. The largest absolute Gasteiger partial charge is 0.480 e. The lowest BCUT2D eigenvalue weighted by Crippen LogP contribution is -2.46. The first-order valence-electron chi connectivity index (χ1n) is 5.90. The van der Waals surface area contributed by atoms with E-state index in [9.17, 15) is 14.7 Å². The van der Waals surface area contributed by atoms with E-state index in [1.165, 1.54) is 0 Å². The van der Waals surface area contributed by atoms with Crippen molar-refractivity contribution in [1.82, 2.24) is 0 Å². The molecule has 4 nitrogen and oxygen atoms in total. The Bertz CT molecular complexity index is 402. The molecular formula is C13H18O4. The number of carbonyl (C=O) groups is 2. The van der Waals surface area contributed by atoms with Crippen LogP contribution < -0.4 is 0 Å². The van der Waals surface area contributed by atoms with Gasteiger partial charge in [0, 0.05) is 0 Å². The summed E-state index contributed by atoms with van der Waals surface area (Å²) in [4.78, 5) is 23.7. The maximum absolute atomic E-state index is 12.2. The SMILES string of the molecule is CC(C)(C)OC(=O)C1(C(=O)O)CC2=CCC1C2. The molecule has 0 amide bonds. The molecule has 0 radical (unpaired) electrons. The highest BCUT2D eigenvalue weighted by Gasteiger charge is 2.60. The third-order valence-electron chi connectivity index (χ3n) is 3.55. The first-order chi connectivity index (χ1) is 7.75. The van der Waals surface area contributed by atoms with Crippen molar-refractivity contribution >= 4 is 11.9 Å². The van der Waals surface area contributed by atoms with Crippen molar-refractivity contribution in [3.8, 4) is 0 Å². The summed E-state index contributed by atoms with van der Waals surface area (Å²) < 4.78 is 5.29. The van der Waals surface area contributed by atoms with Gasteiger partial charge >= 0.3 is 11.9 Å². The second kappa shape index (κ2) is 3.59. The predicted octanol–water partition coefficient (Wildman–Crippen LogP) is 2.14. The van der Waals surface area contributed by atoms with Crippen molar-refractivity contribution in [1.29, 1.82) is 0 Å². The van der Waals surface area contributed by atoms with Gasteiger partial charge in [-0.15, -0.1) is 0 Å². The molecule has 2 aliphatic carbocycles. The average molecular weight is 238 g/mol. The fraction of sp³-hybridized carbons (Fsp3) is 0.692. The lowest BCUT2D eigenvalue weighted by molar-refractivity contribution is -0.179. The summed E-state index contributed by atoms with van der Waals surface area (Å²) in [6.45, 7) is 5.27. The monoisotopic (exact) mass is 238 g/mol. The van der Waals surface area contributed by atoms with Gasteiger partial charge in [0.15, 0.2) is 5.41 Å². The molecule has 0 aromatic carbocycles. The molecule has 0 saturated heterocycles. The van der Waals surface area contributed by atoms with Crippen LogP contribution in [0.5, 0.6) is 0 Å². The average Bonchev–Trinajstić information content (AvgIpc) is 2.73. The Labute approximate surface area is 101 Å². The zero-order valence-corrected chi connectivity index (χ0v) is 10.4. The van der Waals surface area contributed by atoms with Crippen molar-refractivity contribution in [3.05, 3.63) is 11.6 Å². The number of hydrogen-bond acceptors (Lipinski definition) is 3. The quantitative estimate of drug-likeness (QED) is 0.455. The molecule has 2 rings (SSSR count). The number of carbonyl (C=O) groups excluding carboxylic acids is 1. The maximum atomic E-state index is 12.2. The van der Waals surface area contributed by atoms with Gasteiger partial charge in [-0.25, -0.2) is 0 Å². The number of carboxylic acids is 1. The molecule has 4 heteroatoms. The van der Waals surface area contributed by atoms with Crippen LogP contribution in [0.15, 0.2) is 11.6 Å². The Morgan fingerprint density at radius 2 is 2.12 bits per heavy atom. The van der Waals surface area contributed by atoms with Gasteiger partial charge < -0.3 is 9.84 Å². The fourth-order valence-electron chi connectivity index (χ4n) is 2.76. The Kier molecular flexibility index (Phi) is 2.56. The topological polar surface area (TPSA) is 63.6 Å². The second-order valence-electron chi connectivity index (χ2n) is 5.95. The van der Waals surface area contributed by atoms with E-state index in [-0.39, 0.29) is 5.92 Å². The number of rotatable bonds is 2. The van der Waals surface area contributed by atoms with Crippen LogP contribution in [0.2, 0.25) is 0 Å². The Morgan fingerprint density at radius 3 is 2.47 bits per heavy atom. The normalized spacial score (nSPS) is 31.2. The first-order valence-corrected chi connectivity index (χ1v) is 5.90. The van der Waals surface area contributed by atoms with Crippen LogP contribution in [-0.4, -0.2) is 22.6 Å². The van der Waals surface area contributed by atoms with Gasteiger partial charge in [-0.2, -0.15) is 0 Å². The zero-order valence-electron chi connectivity index (χ0n) is 10.4. The zero-order chi connectivity index (χ0) is 12.8. The molecule has 2 atom stereocenters. The van der Waals surface area contributed by atoms with Gasteiger partial charge in [-0.05, 0) is 46.0 Å². The van der Waals surface area contributed by atoms with E-state index in [0.717, 1.165) is 12.0 Å². The van der Waals surface area contributed by atoms with Gasteiger partial charge in [0.25, 0.3) is 0 Å². The van der Waals surface area contributed by atoms with Crippen LogP contribution >= 0.6 is 0 Å². The Hall–Kier alpha value is -1.32. The first kappa shape index (κ1) is 12.1. The molecule has 2 aliphatic rings. The molecule has 94 valence electrons. The van der Waals surface area contributed by atoms with Gasteiger partial charge in [0.1, 0.15) is 5.60 Å². The smallest absolute Gasteiger partial charge is 0.324 e. The van der Waals surface area contributed by atoms with Gasteiger partial charge in [-0.1, -0.05) is 11.6 Å². The molecule has 1 N–H and O–H groups in total. The molecule has 2 bridgehead atoms. The molecule has 0 spiro atoms. The summed E-state index contributed by atoms with van der Waals surface area (Å²) in [6.07, 6.45) is 3.78. The second-order valence-corrected chi connectivity index (χ2v) is 5.95. The molecule has 0 aromatic rings. The number of hydrogen-bond donors (Lipinski definition) is 1. The van der Waals surface area contributed by atoms with Gasteiger partial charge in [0.05, 0.1) is 0 Å². The summed E-state index contributed by atoms with van der Waals surface area (Å²) >= 11 is 0. The van der Waals surface area contributed by atoms with E-state index in [0.29, 0.717) is 12.8 Å². The number of esters is 1. The predicted molar refractivity (Wildman–Crippen MR) is 61.3 cm³/mol. The fourth-order valence-corrected chi connectivity index (χ4v) is 2.76. The van der Waals surface area contributed by atoms with Crippen molar-refractivity contribution in [3.63, 3.8) is 0 Å². The molecule has 17 heavy (non-hydrogen) atoms. The van der Waals surface area contributed by atoms with Crippen LogP contribution in [0.4, 0.5) is 0 Å². The van der Waals surface area contributed by atoms with E-state index >= 15 is 0 Å². The third kappa shape index (κ3) is 1.85. The van der Waals surface area contributed by atoms with E-state index in [4.69, 9.17) is 4.74 Å². The van der Waals surface area contributed by atoms with Crippen molar-refractivity contribution in [2.75, 3.05) is 0 Å². The molecule has 2 unspecified atom stereocenters. The van der Waals surface area contributed by atoms with Crippen molar-refractivity contribution < 1.29 is 19.4 Å². The number of ether oxygens (including phenoxy) is 1. The molecule has 0 aromatic heterocycles. The molecule has 1 saturated carbocycles. The van der Waals surface area contributed by atoms with E-state index in [2.05, 4.69) is 6.08 Å². The van der Waals surface area contributed by atoms with Crippen molar-refractivity contribution in [2.24, 2.45) is 11.3 Å². The molecular weight excluding hydrogens is 220 g/mol. The molecule has 0 heterocycles. The summed E-state index contributed by atoms with van der Waals surface area (Å²) in [5, 5.41) is 9.43. The minimum atomic E-state index is -1.34. The number of allylic oxidation sites excluding steroid dienone is 2. The maximum Gasteiger partial charge on any atom is 0.324 e. The number of aliphatic carboxylic acids is 1. The van der Waals surface area contributed by atoms with Crippen LogP contribution in [0.25, 0.3) is 0 Å². The van der Waals surface area contributed by atoms with Crippen LogP contribution in [0.1, 0.15) is 40.0 Å². The van der Waals surface area contributed by atoms with E-state index < -0.39 is 23.0 Å². The Balaban J connectivity index is 2.28. The van der Waals surface area contributed by atoms with Crippen LogP contribution in [0, 0.1) is 11.3 Å².